The van der Waals surface area contributed by atoms with Gasteiger partial charge in [-0.3, -0.25) is 0 Å². The average Bonchev–Trinajstić information content (AvgIpc) is 2.46. The number of carbonyl (C=O) groups is 1. The molecule has 3 aromatic carbocycles. The van der Waals surface area contributed by atoms with Crippen LogP contribution < -0.4 is 0 Å². The molecule has 0 aliphatic rings. The van der Waals surface area contributed by atoms with Crippen molar-refractivity contribution in [3.63, 3.8) is 0 Å². The number of hydrogen-bond donors (Lipinski definition) is 0. The largest absolute Gasteiger partial charge is 0.465 e. The predicted molar refractivity (Wildman–Crippen MR) is 82.3 cm³/mol. The van der Waals surface area contributed by atoms with Crippen LogP contribution in [0, 0.1) is 13.8 Å². The SMILES string of the molecule is COC(=O)c1ccc2cc(C)c3ccc(C)cc3c2c1. The van der Waals surface area contributed by atoms with Gasteiger partial charge in [-0.1, -0.05) is 35.9 Å². The maximum Gasteiger partial charge on any atom is 0.337 e. The highest BCUT2D eigenvalue weighted by atomic mass is 16.5. The zero-order valence-electron chi connectivity index (χ0n) is 11.9. The van der Waals surface area contributed by atoms with Crippen LogP contribution in [0.1, 0.15) is 21.5 Å². The molecule has 3 aromatic rings. The Bertz CT molecular complexity index is 832. The van der Waals surface area contributed by atoms with Gasteiger partial charge >= 0.3 is 5.97 Å². The van der Waals surface area contributed by atoms with Crippen molar-refractivity contribution in [3.8, 4) is 0 Å². The predicted octanol–water partition coefficient (Wildman–Crippen LogP) is 4.40. The molecule has 0 amide bonds. The molecule has 0 heterocycles. The van der Waals surface area contributed by atoms with Crippen LogP contribution in [0.4, 0.5) is 0 Å². The topological polar surface area (TPSA) is 26.3 Å². The maximum atomic E-state index is 11.7. The Labute approximate surface area is 118 Å². The number of hydrogen-bond acceptors (Lipinski definition) is 2. The van der Waals surface area contributed by atoms with Gasteiger partial charge in [0.25, 0.3) is 0 Å². The molecule has 0 radical (unpaired) electrons. The third-order valence-electron chi connectivity index (χ3n) is 3.74. The van der Waals surface area contributed by atoms with Crippen LogP contribution in [0.2, 0.25) is 0 Å². The number of carbonyl (C=O) groups excluding carboxylic acids is 1. The Morgan fingerprint density at radius 2 is 1.70 bits per heavy atom. The molecule has 20 heavy (non-hydrogen) atoms. The first-order valence-corrected chi connectivity index (χ1v) is 6.62. The molecular formula is C18H16O2. The number of benzene rings is 3. The summed E-state index contributed by atoms with van der Waals surface area (Å²) in [6.07, 6.45) is 0. The van der Waals surface area contributed by atoms with Gasteiger partial charge in [-0.2, -0.15) is 0 Å². The molecule has 0 atom stereocenters. The van der Waals surface area contributed by atoms with E-state index < -0.39 is 0 Å². The van der Waals surface area contributed by atoms with Crippen LogP contribution in [0.25, 0.3) is 21.5 Å². The van der Waals surface area contributed by atoms with Crippen molar-refractivity contribution in [1.29, 1.82) is 0 Å². The number of esters is 1. The van der Waals surface area contributed by atoms with E-state index in [0.29, 0.717) is 5.56 Å². The highest BCUT2D eigenvalue weighted by molar-refractivity contribution is 6.11. The number of aryl methyl sites for hydroxylation is 2. The van der Waals surface area contributed by atoms with Gasteiger partial charge in [-0.05, 0) is 53.1 Å². The molecule has 0 aliphatic carbocycles. The molecule has 0 fully saturated rings. The summed E-state index contributed by atoms with van der Waals surface area (Å²) in [4.78, 5) is 11.7. The van der Waals surface area contributed by atoms with E-state index in [1.165, 1.54) is 29.0 Å². The van der Waals surface area contributed by atoms with Crippen LogP contribution in [-0.4, -0.2) is 13.1 Å². The van der Waals surface area contributed by atoms with Gasteiger partial charge in [0, 0.05) is 0 Å². The van der Waals surface area contributed by atoms with Crippen molar-refractivity contribution in [3.05, 3.63) is 59.2 Å². The van der Waals surface area contributed by atoms with Crippen LogP contribution in [0.3, 0.4) is 0 Å². The third kappa shape index (κ3) is 1.94. The van der Waals surface area contributed by atoms with E-state index in [2.05, 4.69) is 38.1 Å². The van der Waals surface area contributed by atoms with Crippen molar-refractivity contribution in [2.45, 2.75) is 13.8 Å². The van der Waals surface area contributed by atoms with E-state index in [1.54, 1.807) is 0 Å². The summed E-state index contributed by atoms with van der Waals surface area (Å²) in [6.45, 7) is 4.20. The minimum Gasteiger partial charge on any atom is -0.465 e. The van der Waals surface area contributed by atoms with E-state index >= 15 is 0 Å². The third-order valence-corrected chi connectivity index (χ3v) is 3.74. The second-order valence-electron chi connectivity index (χ2n) is 5.17. The summed E-state index contributed by atoms with van der Waals surface area (Å²) >= 11 is 0. The van der Waals surface area contributed by atoms with Gasteiger partial charge in [0.05, 0.1) is 12.7 Å². The number of methoxy groups -OCH3 is 1. The minimum absolute atomic E-state index is 0.298. The van der Waals surface area contributed by atoms with E-state index in [1.807, 2.05) is 18.2 Å². The first-order chi connectivity index (χ1) is 9.60. The molecule has 0 aromatic heterocycles. The number of ether oxygens (including phenoxy) is 1. The standard InChI is InChI=1S/C18H16O2/c1-11-4-7-15-12(2)9-13-5-6-14(18(19)20-3)10-16(13)17(15)8-11/h4-10H,1-3H3. The van der Waals surface area contributed by atoms with Crippen molar-refractivity contribution in [1.82, 2.24) is 0 Å². The summed E-state index contributed by atoms with van der Waals surface area (Å²) in [5, 5.41) is 4.65. The first-order valence-electron chi connectivity index (χ1n) is 6.62. The Kier molecular flexibility index (Phi) is 2.94. The monoisotopic (exact) mass is 264 g/mol. The smallest absolute Gasteiger partial charge is 0.337 e. The highest BCUT2D eigenvalue weighted by Gasteiger charge is 2.09. The van der Waals surface area contributed by atoms with Gasteiger partial charge in [0.2, 0.25) is 0 Å². The molecule has 3 rings (SSSR count). The molecule has 100 valence electrons. The lowest BCUT2D eigenvalue weighted by Gasteiger charge is -2.09. The fourth-order valence-corrected chi connectivity index (χ4v) is 2.70. The lowest BCUT2D eigenvalue weighted by atomic mass is 9.95. The summed E-state index contributed by atoms with van der Waals surface area (Å²) < 4.78 is 4.81. The molecule has 0 saturated heterocycles. The number of fused-ring (bicyclic) bond motifs is 3. The summed E-state index contributed by atoms with van der Waals surface area (Å²) in [5.74, 6) is -0.298. The highest BCUT2D eigenvalue weighted by Crippen LogP contribution is 2.30. The lowest BCUT2D eigenvalue weighted by molar-refractivity contribution is 0.0601. The average molecular weight is 264 g/mol. The quantitative estimate of drug-likeness (QED) is 0.481. The maximum absolute atomic E-state index is 11.7. The Hall–Kier alpha value is -2.35. The molecule has 2 nitrogen and oxygen atoms in total. The van der Waals surface area contributed by atoms with Crippen molar-refractivity contribution in [2.24, 2.45) is 0 Å². The first kappa shape index (κ1) is 12.7. The molecule has 0 bridgehead atoms. The molecule has 0 spiro atoms. The summed E-state index contributed by atoms with van der Waals surface area (Å²) in [6, 6.07) is 14.3. The Morgan fingerprint density at radius 1 is 0.900 bits per heavy atom. The fraction of sp³-hybridized carbons (Fsp3) is 0.167. The van der Waals surface area contributed by atoms with Gasteiger partial charge < -0.3 is 4.74 Å². The van der Waals surface area contributed by atoms with E-state index in [4.69, 9.17) is 4.74 Å². The van der Waals surface area contributed by atoms with Crippen LogP contribution in [0.15, 0.2) is 42.5 Å². The normalized spacial score (nSPS) is 10.9. The van der Waals surface area contributed by atoms with Gasteiger partial charge in [0.15, 0.2) is 0 Å². The van der Waals surface area contributed by atoms with Gasteiger partial charge in [-0.25, -0.2) is 4.79 Å². The van der Waals surface area contributed by atoms with Crippen molar-refractivity contribution in [2.75, 3.05) is 7.11 Å². The molecule has 0 N–H and O–H groups in total. The minimum atomic E-state index is -0.298. The lowest BCUT2D eigenvalue weighted by Crippen LogP contribution is -2.00. The van der Waals surface area contributed by atoms with Crippen LogP contribution >= 0.6 is 0 Å². The molecular weight excluding hydrogens is 248 g/mol. The number of rotatable bonds is 1. The molecule has 0 saturated carbocycles. The molecule has 2 heteroatoms. The second-order valence-corrected chi connectivity index (χ2v) is 5.17. The van der Waals surface area contributed by atoms with E-state index in [0.717, 1.165) is 10.8 Å². The van der Waals surface area contributed by atoms with E-state index in [9.17, 15) is 4.79 Å². The van der Waals surface area contributed by atoms with Crippen LogP contribution in [-0.2, 0) is 4.74 Å². The second kappa shape index (κ2) is 4.64. The fourth-order valence-electron chi connectivity index (χ4n) is 2.70. The molecule has 0 aliphatic heterocycles. The van der Waals surface area contributed by atoms with E-state index in [-0.39, 0.29) is 5.97 Å². The summed E-state index contributed by atoms with van der Waals surface area (Å²) in [7, 11) is 1.41. The Morgan fingerprint density at radius 3 is 2.45 bits per heavy atom. The summed E-state index contributed by atoms with van der Waals surface area (Å²) in [5.41, 5.74) is 3.05. The van der Waals surface area contributed by atoms with Crippen molar-refractivity contribution < 1.29 is 9.53 Å². The van der Waals surface area contributed by atoms with Gasteiger partial charge in [0.1, 0.15) is 0 Å². The Balaban J connectivity index is 2.42. The molecule has 0 unspecified atom stereocenters. The van der Waals surface area contributed by atoms with Crippen LogP contribution in [0.5, 0.6) is 0 Å². The van der Waals surface area contributed by atoms with Gasteiger partial charge in [-0.15, -0.1) is 0 Å². The zero-order valence-corrected chi connectivity index (χ0v) is 11.9. The van der Waals surface area contributed by atoms with Crippen molar-refractivity contribution >= 4 is 27.5 Å². The zero-order chi connectivity index (χ0) is 14.3.